The van der Waals surface area contributed by atoms with Crippen LogP contribution in [-0.4, -0.2) is 31.8 Å². The van der Waals surface area contributed by atoms with Crippen LogP contribution in [0.4, 0.5) is 4.39 Å². The lowest BCUT2D eigenvalue weighted by atomic mass is 10.3. The summed E-state index contributed by atoms with van der Waals surface area (Å²) in [4.78, 5) is 5.28. The number of hydrogen-bond donors (Lipinski definition) is 2. The fourth-order valence-corrected chi connectivity index (χ4v) is 2.83. The normalized spacial score (nSPS) is 11.0. The molecule has 1 heterocycles. The molecule has 0 unspecified atom stereocenters. The summed E-state index contributed by atoms with van der Waals surface area (Å²) in [5, 5.41) is 6.53. The van der Waals surface area contributed by atoms with Gasteiger partial charge in [-0.05, 0) is 48.6 Å². The van der Waals surface area contributed by atoms with Crippen LogP contribution in [-0.2, 0) is 6.42 Å². The van der Waals surface area contributed by atoms with E-state index in [1.807, 2.05) is 24.3 Å². The number of nitrogens with one attached hydrogen (secondary N) is 2. The predicted molar refractivity (Wildman–Crippen MR) is 109 cm³/mol. The minimum atomic E-state index is -0.194. The van der Waals surface area contributed by atoms with Gasteiger partial charge >= 0.3 is 0 Å². The van der Waals surface area contributed by atoms with Crippen LogP contribution in [0.1, 0.15) is 12.2 Å². The highest BCUT2D eigenvalue weighted by atomic mass is 127. The van der Waals surface area contributed by atoms with Gasteiger partial charge in [0.2, 0.25) is 0 Å². The summed E-state index contributed by atoms with van der Waals surface area (Å²) in [5.41, 5.74) is 0. The number of thioether (sulfide) groups is 1. The smallest absolute Gasteiger partial charge is 0.190 e. The summed E-state index contributed by atoms with van der Waals surface area (Å²) >= 11 is 1.73. The first-order chi connectivity index (χ1) is 11.3. The minimum absolute atomic E-state index is 0. The second-order valence-electron chi connectivity index (χ2n) is 4.91. The summed E-state index contributed by atoms with van der Waals surface area (Å²) in [7, 11) is 1.76. The van der Waals surface area contributed by atoms with Gasteiger partial charge < -0.3 is 15.1 Å². The molecule has 7 heteroatoms. The quantitative estimate of drug-likeness (QED) is 0.205. The van der Waals surface area contributed by atoms with Crippen molar-refractivity contribution in [1.29, 1.82) is 0 Å². The van der Waals surface area contributed by atoms with E-state index in [0.29, 0.717) is 0 Å². The van der Waals surface area contributed by atoms with E-state index in [1.165, 1.54) is 12.1 Å². The topological polar surface area (TPSA) is 49.6 Å². The molecule has 2 rings (SSSR count). The summed E-state index contributed by atoms with van der Waals surface area (Å²) < 4.78 is 18.1. The fraction of sp³-hybridized carbons (Fsp3) is 0.353. The summed E-state index contributed by atoms with van der Waals surface area (Å²) in [6.45, 7) is 1.62. The Bertz CT molecular complexity index is 590. The fourth-order valence-electron chi connectivity index (χ4n) is 1.98. The van der Waals surface area contributed by atoms with Gasteiger partial charge in [-0.2, -0.15) is 0 Å². The number of benzene rings is 1. The predicted octanol–water partition coefficient (Wildman–Crippen LogP) is 3.93. The molecule has 0 aliphatic carbocycles. The zero-order valence-electron chi connectivity index (χ0n) is 13.6. The molecule has 0 radical (unpaired) electrons. The zero-order chi connectivity index (χ0) is 16.3. The molecule has 2 aromatic rings. The van der Waals surface area contributed by atoms with Crippen molar-refractivity contribution in [3.05, 3.63) is 54.2 Å². The number of rotatable bonds is 8. The molecular formula is C17H23FIN3OS. The molecule has 0 spiro atoms. The van der Waals surface area contributed by atoms with E-state index >= 15 is 0 Å². The van der Waals surface area contributed by atoms with E-state index in [-0.39, 0.29) is 29.8 Å². The van der Waals surface area contributed by atoms with Crippen molar-refractivity contribution in [3.63, 3.8) is 0 Å². The maximum absolute atomic E-state index is 12.8. The van der Waals surface area contributed by atoms with Crippen LogP contribution in [0.25, 0.3) is 0 Å². The van der Waals surface area contributed by atoms with Crippen molar-refractivity contribution in [3.8, 4) is 0 Å². The molecule has 0 saturated heterocycles. The lowest BCUT2D eigenvalue weighted by Gasteiger charge is -2.11. The van der Waals surface area contributed by atoms with Crippen molar-refractivity contribution < 1.29 is 8.81 Å². The van der Waals surface area contributed by atoms with Gasteiger partial charge in [-0.15, -0.1) is 35.7 Å². The highest BCUT2D eigenvalue weighted by Crippen LogP contribution is 2.18. The lowest BCUT2D eigenvalue weighted by molar-refractivity contribution is 0.507. The Hall–Kier alpha value is -1.22. The summed E-state index contributed by atoms with van der Waals surface area (Å²) in [5.74, 6) is 2.54. The highest BCUT2D eigenvalue weighted by Gasteiger charge is 2.00. The van der Waals surface area contributed by atoms with Crippen LogP contribution < -0.4 is 10.6 Å². The van der Waals surface area contributed by atoms with Crippen LogP contribution in [0.15, 0.2) is 57.0 Å². The molecule has 0 amide bonds. The molecule has 0 bridgehead atoms. The third-order valence-electron chi connectivity index (χ3n) is 3.16. The second-order valence-corrected chi connectivity index (χ2v) is 6.08. The van der Waals surface area contributed by atoms with E-state index in [9.17, 15) is 4.39 Å². The number of aliphatic imine (C=N–C) groups is 1. The molecule has 0 fully saturated rings. The molecule has 1 aromatic heterocycles. The van der Waals surface area contributed by atoms with E-state index < -0.39 is 0 Å². The minimum Gasteiger partial charge on any atom is -0.469 e. The van der Waals surface area contributed by atoms with Crippen molar-refractivity contribution >= 4 is 41.7 Å². The maximum atomic E-state index is 12.8. The molecule has 0 aliphatic rings. The van der Waals surface area contributed by atoms with Gasteiger partial charge in [0, 0.05) is 31.5 Å². The van der Waals surface area contributed by atoms with Crippen molar-refractivity contribution in [2.24, 2.45) is 4.99 Å². The van der Waals surface area contributed by atoms with Gasteiger partial charge in [0.15, 0.2) is 5.96 Å². The van der Waals surface area contributed by atoms with Gasteiger partial charge in [0.25, 0.3) is 0 Å². The zero-order valence-corrected chi connectivity index (χ0v) is 16.8. The van der Waals surface area contributed by atoms with Crippen LogP contribution in [0.2, 0.25) is 0 Å². The highest BCUT2D eigenvalue weighted by molar-refractivity contribution is 14.0. The van der Waals surface area contributed by atoms with Crippen LogP contribution in [0, 0.1) is 5.82 Å². The Kier molecular flexibility index (Phi) is 10.6. The third kappa shape index (κ3) is 8.05. The van der Waals surface area contributed by atoms with Gasteiger partial charge in [-0.25, -0.2) is 4.39 Å². The SMILES string of the molecule is CN=C(NCCCSc1ccc(F)cc1)NCCc1ccco1.I. The van der Waals surface area contributed by atoms with Crippen LogP contribution >= 0.6 is 35.7 Å². The van der Waals surface area contributed by atoms with Gasteiger partial charge in [0.05, 0.1) is 6.26 Å². The Morgan fingerprint density at radius 3 is 2.58 bits per heavy atom. The first-order valence-corrected chi connectivity index (χ1v) is 8.62. The van der Waals surface area contributed by atoms with Crippen LogP contribution in [0.5, 0.6) is 0 Å². The largest absolute Gasteiger partial charge is 0.469 e. The third-order valence-corrected chi connectivity index (χ3v) is 4.26. The molecule has 0 aliphatic heterocycles. The van der Waals surface area contributed by atoms with E-state index in [1.54, 1.807) is 25.1 Å². The Balaban J connectivity index is 0.00000288. The Labute approximate surface area is 163 Å². The van der Waals surface area contributed by atoms with Gasteiger partial charge in [-0.3, -0.25) is 4.99 Å². The number of nitrogens with zero attached hydrogens (tertiary/aromatic N) is 1. The molecule has 24 heavy (non-hydrogen) atoms. The van der Waals surface area contributed by atoms with Crippen molar-refractivity contribution in [2.45, 2.75) is 17.7 Å². The molecule has 4 nitrogen and oxygen atoms in total. The molecule has 2 N–H and O–H groups in total. The molecular weight excluding hydrogens is 440 g/mol. The maximum Gasteiger partial charge on any atom is 0.190 e. The molecule has 0 saturated carbocycles. The van der Waals surface area contributed by atoms with E-state index in [0.717, 1.165) is 48.3 Å². The van der Waals surface area contributed by atoms with E-state index in [2.05, 4.69) is 15.6 Å². The Morgan fingerprint density at radius 2 is 1.92 bits per heavy atom. The summed E-state index contributed by atoms with van der Waals surface area (Å²) in [6, 6.07) is 10.5. The number of halogens is 2. The number of hydrogen-bond acceptors (Lipinski definition) is 3. The van der Waals surface area contributed by atoms with E-state index in [4.69, 9.17) is 4.42 Å². The second kappa shape index (κ2) is 12.2. The number of guanidine groups is 1. The van der Waals surface area contributed by atoms with Gasteiger partial charge in [-0.1, -0.05) is 0 Å². The van der Waals surface area contributed by atoms with Crippen LogP contribution in [0.3, 0.4) is 0 Å². The molecule has 132 valence electrons. The first-order valence-electron chi connectivity index (χ1n) is 7.63. The Morgan fingerprint density at radius 1 is 1.17 bits per heavy atom. The first kappa shape index (κ1) is 20.8. The monoisotopic (exact) mass is 463 g/mol. The standard InChI is InChI=1S/C17H22FN3OS.HI/c1-19-17(21-11-9-15-4-2-12-22-15)20-10-3-13-23-16-7-5-14(18)6-8-16;/h2,4-8,12H,3,9-11,13H2,1H3,(H2,19,20,21);1H. The number of furan rings is 1. The average Bonchev–Trinajstić information content (AvgIpc) is 3.08. The lowest BCUT2D eigenvalue weighted by Crippen LogP contribution is -2.38. The summed E-state index contributed by atoms with van der Waals surface area (Å²) in [6.07, 6.45) is 3.51. The average molecular weight is 463 g/mol. The van der Waals surface area contributed by atoms with Gasteiger partial charge in [0.1, 0.15) is 11.6 Å². The van der Waals surface area contributed by atoms with Crippen molar-refractivity contribution in [1.82, 2.24) is 10.6 Å². The van der Waals surface area contributed by atoms with Crippen molar-refractivity contribution in [2.75, 3.05) is 25.9 Å². The molecule has 1 aromatic carbocycles. The molecule has 0 atom stereocenters.